The normalized spacial score (nSPS) is 14.9. The molecule has 16 heavy (non-hydrogen) atoms. The van der Waals surface area contributed by atoms with E-state index in [1.165, 1.54) is 0 Å². The van der Waals surface area contributed by atoms with Crippen LogP contribution < -0.4 is 0 Å². The van der Waals surface area contributed by atoms with E-state index >= 15 is 0 Å². The molecule has 0 rings (SSSR count). The van der Waals surface area contributed by atoms with Crippen molar-refractivity contribution >= 4 is 5.78 Å². The maximum atomic E-state index is 12.0. The Kier molecular flexibility index (Phi) is 5.67. The van der Waals surface area contributed by atoms with Gasteiger partial charge in [0.2, 0.25) is 0 Å². The molecule has 0 unspecified atom stereocenters. The van der Waals surface area contributed by atoms with E-state index in [2.05, 4.69) is 20.8 Å². The van der Waals surface area contributed by atoms with Crippen LogP contribution in [-0.2, 0) is 4.79 Å². The quantitative estimate of drug-likeness (QED) is 0.782. The lowest BCUT2D eigenvalue weighted by Gasteiger charge is -2.24. The predicted octanol–water partition coefficient (Wildman–Crippen LogP) is 3.43. The molecule has 1 N–H and O–H groups in total. The van der Waals surface area contributed by atoms with Crippen LogP contribution in [0.4, 0.5) is 0 Å². The summed E-state index contributed by atoms with van der Waals surface area (Å²) in [5.74, 6) is 0.00580. The summed E-state index contributed by atoms with van der Waals surface area (Å²) in [7, 11) is 0. The topological polar surface area (TPSA) is 37.3 Å². The van der Waals surface area contributed by atoms with Gasteiger partial charge >= 0.3 is 0 Å². The fourth-order valence-corrected chi connectivity index (χ4v) is 1.80. The molecule has 0 aromatic rings. The second-order valence-electron chi connectivity index (χ2n) is 6.95. The van der Waals surface area contributed by atoms with Gasteiger partial charge in [-0.3, -0.25) is 4.79 Å². The minimum absolute atomic E-state index is 0.0136. The van der Waals surface area contributed by atoms with Crippen LogP contribution in [0.5, 0.6) is 0 Å². The largest absolute Gasteiger partial charge is 0.396 e. The summed E-state index contributed by atoms with van der Waals surface area (Å²) in [5, 5.41) is 9.27. The van der Waals surface area contributed by atoms with Crippen molar-refractivity contribution in [2.45, 2.75) is 60.8 Å². The van der Waals surface area contributed by atoms with Gasteiger partial charge in [0.05, 0.1) is 6.61 Å². The molecule has 0 aliphatic heterocycles. The summed E-state index contributed by atoms with van der Waals surface area (Å²) in [6, 6.07) is 0. The van der Waals surface area contributed by atoms with E-state index in [1.54, 1.807) is 0 Å². The first-order valence-electron chi connectivity index (χ1n) is 6.23. The zero-order valence-electron chi connectivity index (χ0n) is 11.8. The van der Waals surface area contributed by atoms with Crippen molar-refractivity contribution in [2.24, 2.45) is 16.7 Å². The standard InChI is InChI=1S/C14H28O2/c1-13(2,3)9-7-8-11(10-15)12(16)14(4,5)6/h11,15H,7-10H2,1-6H3/t11-/m1/s1. The van der Waals surface area contributed by atoms with Crippen LogP contribution in [0.1, 0.15) is 60.8 Å². The molecule has 0 amide bonds. The summed E-state index contributed by atoms with van der Waals surface area (Å²) in [6.07, 6.45) is 2.92. The number of carbonyl (C=O) groups excluding carboxylic acids is 1. The molecule has 1 atom stereocenters. The van der Waals surface area contributed by atoms with Crippen molar-refractivity contribution in [1.29, 1.82) is 0 Å². The molecule has 0 aliphatic rings. The van der Waals surface area contributed by atoms with Crippen molar-refractivity contribution in [1.82, 2.24) is 0 Å². The molecule has 2 heteroatoms. The van der Waals surface area contributed by atoms with Crippen LogP contribution in [0, 0.1) is 16.7 Å². The Labute approximate surface area is 100 Å². The highest BCUT2D eigenvalue weighted by molar-refractivity contribution is 5.86. The van der Waals surface area contributed by atoms with E-state index in [9.17, 15) is 9.90 Å². The van der Waals surface area contributed by atoms with Gasteiger partial charge in [-0.05, 0) is 18.3 Å². The van der Waals surface area contributed by atoms with Crippen molar-refractivity contribution in [3.8, 4) is 0 Å². The molecule has 0 saturated heterocycles. The molecule has 0 bridgehead atoms. The minimum atomic E-state index is -0.338. The van der Waals surface area contributed by atoms with Gasteiger partial charge in [-0.15, -0.1) is 0 Å². The molecule has 0 saturated carbocycles. The Balaban J connectivity index is 4.18. The fourth-order valence-electron chi connectivity index (χ4n) is 1.80. The molecular weight excluding hydrogens is 200 g/mol. The van der Waals surface area contributed by atoms with E-state index < -0.39 is 0 Å². The predicted molar refractivity (Wildman–Crippen MR) is 68.3 cm³/mol. The van der Waals surface area contributed by atoms with Crippen LogP contribution in [0.3, 0.4) is 0 Å². The highest BCUT2D eigenvalue weighted by Crippen LogP contribution is 2.27. The van der Waals surface area contributed by atoms with Gasteiger partial charge in [0.25, 0.3) is 0 Å². The first kappa shape index (κ1) is 15.6. The fraction of sp³-hybridized carbons (Fsp3) is 0.929. The number of rotatable bonds is 5. The smallest absolute Gasteiger partial charge is 0.143 e. The number of hydrogen-bond acceptors (Lipinski definition) is 2. The van der Waals surface area contributed by atoms with Gasteiger partial charge in [0.1, 0.15) is 5.78 Å². The van der Waals surface area contributed by atoms with E-state index in [-0.39, 0.29) is 23.7 Å². The van der Waals surface area contributed by atoms with E-state index in [4.69, 9.17) is 0 Å². The Morgan fingerprint density at radius 1 is 1.12 bits per heavy atom. The minimum Gasteiger partial charge on any atom is -0.396 e. The van der Waals surface area contributed by atoms with E-state index in [0.29, 0.717) is 5.41 Å². The maximum Gasteiger partial charge on any atom is 0.143 e. The first-order chi connectivity index (χ1) is 7.08. The van der Waals surface area contributed by atoms with Crippen molar-refractivity contribution in [2.75, 3.05) is 6.61 Å². The Bertz CT molecular complexity index is 218. The van der Waals surface area contributed by atoms with Crippen LogP contribution in [0.15, 0.2) is 0 Å². The molecule has 0 aromatic carbocycles. The number of carbonyl (C=O) groups is 1. The van der Waals surface area contributed by atoms with Crippen LogP contribution in [0.25, 0.3) is 0 Å². The molecule has 2 nitrogen and oxygen atoms in total. The second kappa shape index (κ2) is 5.81. The lowest BCUT2D eigenvalue weighted by atomic mass is 9.80. The van der Waals surface area contributed by atoms with Gasteiger partial charge in [-0.25, -0.2) is 0 Å². The second-order valence-corrected chi connectivity index (χ2v) is 6.95. The Morgan fingerprint density at radius 3 is 1.94 bits per heavy atom. The summed E-state index contributed by atoms with van der Waals surface area (Å²) in [4.78, 5) is 12.0. The Hall–Kier alpha value is -0.370. The van der Waals surface area contributed by atoms with Crippen LogP contribution in [0.2, 0.25) is 0 Å². The SMILES string of the molecule is CC(C)(C)CCC[C@H](CO)C(=O)C(C)(C)C. The third-order valence-electron chi connectivity index (χ3n) is 2.81. The zero-order chi connectivity index (χ0) is 13.0. The summed E-state index contributed by atoms with van der Waals surface area (Å²) >= 11 is 0. The number of Topliss-reactive ketones (excluding diaryl/α,β-unsaturated/α-hetero) is 1. The van der Waals surface area contributed by atoms with Gasteiger partial charge in [0.15, 0.2) is 0 Å². The highest BCUT2D eigenvalue weighted by atomic mass is 16.3. The first-order valence-corrected chi connectivity index (χ1v) is 6.23. The summed E-state index contributed by atoms with van der Waals surface area (Å²) < 4.78 is 0. The molecule has 0 aliphatic carbocycles. The average molecular weight is 228 g/mol. The lowest BCUT2D eigenvalue weighted by Crippen LogP contribution is -2.30. The molecule has 0 fully saturated rings. The molecule has 0 heterocycles. The third-order valence-corrected chi connectivity index (χ3v) is 2.81. The summed E-state index contributed by atoms with van der Waals surface area (Å²) in [6.45, 7) is 12.3. The maximum absolute atomic E-state index is 12.0. The third kappa shape index (κ3) is 6.26. The highest BCUT2D eigenvalue weighted by Gasteiger charge is 2.28. The van der Waals surface area contributed by atoms with Crippen LogP contribution in [-0.4, -0.2) is 17.5 Å². The van der Waals surface area contributed by atoms with Gasteiger partial charge in [-0.2, -0.15) is 0 Å². The Morgan fingerprint density at radius 2 is 1.62 bits per heavy atom. The van der Waals surface area contributed by atoms with Crippen molar-refractivity contribution in [3.63, 3.8) is 0 Å². The van der Waals surface area contributed by atoms with Gasteiger partial charge in [0, 0.05) is 11.3 Å². The van der Waals surface area contributed by atoms with Gasteiger partial charge < -0.3 is 5.11 Å². The number of hydrogen-bond donors (Lipinski definition) is 1. The number of aliphatic hydroxyl groups excluding tert-OH is 1. The number of ketones is 1. The lowest BCUT2D eigenvalue weighted by molar-refractivity contribution is -0.132. The molecule has 0 aromatic heterocycles. The van der Waals surface area contributed by atoms with Gasteiger partial charge in [-0.1, -0.05) is 48.0 Å². The molecule has 0 spiro atoms. The van der Waals surface area contributed by atoms with E-state index in [0.717, 1.165) is 19.3 Å². The summed E-state index contributed by atoms with van der Waals surface area (Å²) in [5.41, 5.74) is -0.0279. The van der Waals surface area contributed by atoms with E-state index in [1.807, 2.05) is 20.8 Å². The van der Waals surface area contributed by atoms with Crippen molar-refractivity contribution < 1.29 is 9.90 Å². The monoisotopic (exact) mass is 228 g/mol. The number of aliphatic hydroxyl groups is 1. The average Bonchev–Trinajstić information content (AvgIpc) is 2.08. The van der Waals surface area contributed by atoms with Crippen molar-refractivity contribution in [3.05, 3.63) is 0 Å². The molecular formula is C14H28O2. The zero-order valence-corrected chi connectivity index (χ0v) is 11.8. The molecule has 96 valence electrons. The van der Waals surface area contributed by atoms with Crippen LogP contribution >= 0.6 is 0 Å². The molecule has 0 radical (unpaired) electrons.